The van der Waals surface area contributed by atoms with Crippen LogP contribution in [-0.4, -0.2) is 45.1 Å². The van der Waals surface area contributed by atoms with E-state index < -0.39 is 10.0 Å². The number of carbonyl (C=O) groups is 1. The maximum absolute atomic E-state index is 12.0. The summed E-state index contributed by atoms with van der Waals surface area (Å²) in [6, 6.07) is 17.7. The molecule has 3 rings (SSSR count). The van der Waals surface area contributed by atoms with Crippen LogP contribution in [0, 0.1) is 5.92 Å². The Morgan fingerprint density at radius 1 is 1.06 bits per heavy atom. The Balaban J connectivity index is 1.55. The van der Waals surface area contributed by atoms with Gasteiger partial charge >= 0.3 is 0 Å². The van der Waals surface area contributed by atoms with Crippen molar-refractivity contribution in [3.05, 3.63) is 65.7 Å². The second-order valence-corrected chi connectivity index (χ2v) is 10.8. The van der Waals surface area contributed by atoms with Gasteiger partial charge in [0.15, 0.2) is 0 Å². The molecule has 174 valence electrons. The lowest BCUT2D eigenvalue weighted by Crippen LogP contribution is -2.36. The van der Waals surface area contributed by atoms with Gasteiger partial charge in [0, 0.05) is 17.6 Å². The molecule has 1 aliphatic heterocycles. The summed E-state index contributed by atoms with van der Waals surface area (Å²) in [5.74, 6) is 0.465. The van der Waals surface area contributed by atoms with Crippen molar-refractivity contribution in [1.82, 2.24) is 9.62 Å². The lowest BCUT2D eigenvalue weighted by Gasteiger charge is -2.33. The quantitative estimate of drug-likeness (QED) is 0.593. The average Bonchev–Trinajstić information content (AvgIpc) is 2.77. The van der Waals surface area contributed by atoms with Gasteiger partial charge in [0.05, 0.1) is 6.26 Å². The number of amides is 1. The van der Waals surface area contributed by atoms with E-state index >= 15 is 0 Å². The van der Waals surface area contributed by atoms with Crippen LogP contribution in [0.5, 0.6) is 0 Å². The third-order valence-electron chi connectivity index (χ3n) is 6.03. The van der Waals surface area contributed by atoms with E-state index in [0.717, 1.165) is 50.1 Å². The Morgan fingerprint density at radius 3 is 2.38 bits per heavy atom. The molecule has 0 saturated carbocycles. The van der Waals surface area contributed by atoms with Crippen LogP contribution in [0.1, 0.15) is 56.2 Å². The second-order valence-electron chi connectivity index (χ2n) is 9.03. The fraction of sp³-hybridized carbons (Fsp3) is 0.480. The highest BCUT2D eigenvalue weighted by atomic mass is 32.2. The Kier molecular flexibility index (Phi) is 8.45. The largest absolute Gasteiger partial charge is 0.326 e. The zero-order valence-electron chi connectivity index (χ0n) is 19.3. The summed E-state index contributed by atoms with van der Waals surface area (Å²) in [4.78, 5) is 14.4. The topological polar surface area (TPSA) is 78.5 Å². The lowest BCUT2D eigenvalue weighted by molar-refractivity contribution is -0.118. The molecule has 2 aromatic carbocycles. The molecular weight excluding hydrogens is 422 g/mol. The number of nitrogens with one attached hydrogen (secondary N) is 2. The number of hydrogen-bond acceptors (Lipinski definition) is 4. The minimum absolute atomic E-state index is 0.0349. The summed E-state index contributed by atoms with van der Waals surface area (Å²) in [5, 5.41) is 2.99. The van der Waals surface area contributed by atoms with E-state index in [4.69, 9.17) is 0 Å². The molecule has 0 aliphatic carbocycles. The Morgan fingerprint density at radius 2 is 1.75 bits per heavy atom. The molecule has 1 atom stereocenters. The van der Waals surface area contributed by atoms with E-state index in [1.165, 1.54) is 11.8 Å². The normalized spacial score (nSPS) is 16.8. The zero-order chi connectivity index (χ0) is 23.1. The van der Waals surface area contributed by atoms with Crippen LogP contribution in [0.25, 0.3) is 0 Å². The SMILES string of the molecule is CC(C)C(=O)Nc1cccc(C2CCN(CC[C@H](NS(C)(=O)=O)c3ccccc3)CC2)c1. The van der Waals surface area contributed by atoms with Crippen LogP contribution in [-0.2, 0) is 14.8 Å². The standard InChI is InChI=1S/C25H35N3O3S/c1-19(2)25(29)26-23-11-7-10-22(18-23)20-12-15-28(16-13-20)17-14-24(27-32(3,30)31)21-8-5-4-6-9-21/h4-11,18-20,24,27H,12-17H2,1-3H3,(H,26,29)/t24-/m0/s1. The number of likely N-dealkylation sites (tertiary alicyclic amines) is 1. The average molecular weight is 458 g/mol. The number of rotatable bonds is 9. The number of piperidine rings is 1. The van der Waals surface area contributed by atoms with Gasteiger partial charge in [-0.15, -0.1) is 0 Å². The molecule has 0 radical (unpaired) electrons. The number of anilines is 1. The summed E-state index contributed by atoms with van der Waals surface area (Å²) >= 11 is 0. The lowest BCUT2D eigenvalue weighted by atomic mass is 9.89. The molecule has 2 aromatic rings. The van der Waals surface area contributed by atoms with Crippen LogP contribution >= 0.6 is 0 Å². The van der Waals surface area contributed by atoms with Crippen molar-refractivity contribution in [3.8, 4) is 0 Å². The third-order valence-corrected chi connectivity index (χ3v) is 6.74. The van der Waals surface area contributed by atoms with E-state index in [1.807, 2.05) is 56.3 Å². The molecule has 0 bridgehead atoms. The molecular formula is C25H35N3O3S. The molecule has 32 heavy (non-hydrogen) atoms. The molecule has 1 aliphatic rings. The van der Waals surface area contributed by atoms with Gasteiger partial charge in [-0.1, -0.05) is 56.3 Å². The molecule has 1 saturated heterocycles. The molecule has 1 heterocycles. The summed E-state index contributed by atoms with van der Waals surface area (Å²) in [7, 11) is -3.29. The number of sulfonamides is 1. The third kappa shape index (κ3) is 7.43. The fourth-order valence-corrected chi connectivity index (χ4v) is 4.97. The first kappa shape index (κ1) is 24.4. The Bertz CT molecular complexity index is 985. The molecule has 0 spiro atoms. The monoisotopic (exact) mass is 457 g/mol. The van der Waals surface area contributed by atoms with Crippen molar-refractivity contribution in [1.29, 1.82) is 0 Å². The van der Waals surface area contributed by atoms with Crippen LogP contribution < -0.4 is 10.0 Å². The van der Waals surface area contributed by atoms with Gasteiger partial charge < -0.3 is 10.2 Å². The van der Waals surface area contributed by atoms with E-state index in [2.05, 4.69) is 27.1 Å². The first-order chi connectivity index (χ1) is 15.2. The minimum Gasteiger partial charge on any atom is -0.326 e. The second kappa shape index (κ2) is 11.1. The number of benzene rings is 2. The van der Waals surface area contributed by atoms with Gasteiger partial charge in [0.2, 0.25) is 15.9 Å². The van der Waals surface area contributed by atoms with Gasteiger partial charge in [-0.25, -0.2) is 13.1 Å². The molecule has 7 heteroatoms. The van der Waals surface area contributed by atoms with Crippen molar-refractivity contribution in [2.45, 2.75) is 45.1 Å². The van der Waals surface area contributed by atoms with Gasteiger partial charge in [-0.3, -0.25) is 4.79 Å². The van der Waals surface area contributed by atoms with E-state index in [0.29, 0.717) is 5.92 Å². The van der Waals surface area contributed by atoms with Crippen LogP contribution in [0.3, 0.4) is 0 Å². The smallest absolute Gasteiger partial charge is 0.226 e. The highest BCUT2D eigenvalue weighted by molar-refractivity contribution is 7.88. The molecule has 2 N–H and O–H groups in total. The summed E-state index contributed by atoms with van der Waals surface area (Å²) in [6.07, 6.45) is 4.05. The summed E-state index contributed by atoms with van der Waals surface area (Å²) < 4.78 is 26.5. The molecule has 1 amide bonds. The molecule has 0 aromatic heterocycles. The Labute approximate surface area is 192 Å². The predicted octanol–water partition coefficient (Wildman–Crippen LogP) is 4.14. The first-order valence-corrected chi connectivity index (χ1v) is 13.3. The summed E-state index contributed by atoms with van der Waals surface area (Å²) in [5.41, 5.74) is 3.13. The summed E-state index contributed by atoms with van der Waals surface area (Å²) in [6.45, 7) is 6.59. The Hall–Kier alpha value is -2.22. The van der Waals surface area contributed by atoms with E-state index in [1.54, 1.807) is 0 Å². The molecule has 6 nitrogen and oxygen atoms in total. The van der Waals surface area contributed by atoms with Gasteiger partial charge in [-0.05, 0) is 68.1 Å². The van der Waals surface area contributed by atoms with Crippen molar-refractivity contribution in [2.24, 2.45) is 5.92 Å². The number of nitrogens with zero attached hydrogens (tertiary/aromatic N) is 1. The predicted molar refractivity (Wildman–Crippen MR) is 130 cm³/mol. The highest BCUT2D eigenvalue weighted by Crippen LogP contribution is 2.30. The maximum Gasteiger partial charge on any atom is 0.226 e. The molecule has 1 fully saturated rings. The van der Waals surface area contributed by atoms with Crippen LogP contribution in [0.4, 0.5) is 5.69 Å². The van der Waals surface area contributed by atoms with E-state index in [-0.39, 0.29) is 17.9 Å². The van der Waals surface area contributed by atoms with Crippen molar-refractivity contribution < 1.29 is 13.2 Å². The minimum atomic E-state index is -3.29. The van der Waals surface area contributed by atoms with Crippen LogP contribution in [0.2, 0.25) is 0 Å². The van der Waals surface area contributed by atoms with Gasteiger partial charge in [-0.2, -0.15) is 0 Å². The van der Waals surface area contributed by atoms with Crippen molar-refractivity contribution in [2.75, 3.05) is 31.2 Å². The van der Waals surface area contributed by atoms with Gasteiger partial charge in [0.25, 0.3) is 0 Å². The zero-order valence-corrected chi connectivity index (χ0v) is 20.1. The van der Waals surface area contributed by atoms with Gasteiger partial charge in [0.1, 0.15) is 0 Å². The van der Waals surface area contributed by atoms with E-state index in [9.17, 15) is 13.2 Å². The molecule has 0 unspecified atom stereocenters. The number of carbonyl (C=O) groups excluding carboxylic acids is 1. The fourth-order valence-electron chi connectivity index (χ4n) is 4.20. The first-order valence-electron chi connectivity index (χ1n) is 11.4. The number of hydrogen-bond donors (Lipinski definition) is 2. The maximum atomic E-state index is 12.0. The van der Waals surface area contributed by atoms with Crippen LogP contribution in [0.15, 0.2) is 54.6 Å². The highest BCUT2D eigenvalue weighted by Gasteiger charge is 2.23. The van der Waals surface area contributed by atoms with Crippen molar-refractivity contribution >= 4 is 21.6 Å². The van der Waals surface area contributed by atoms with Crippen molar-refractivity contribution in [3.63, 3.8) is 0 Å².